The topological polar surface area (TPSA) is 29.5 Å². The lowest BCUT2D eigenvalue weighted by Crippen LogP contribution is -2.31. The molecule has 0 unspecified atom stereocenters. The number of carbonyl (C=O) groups excluding carboxylic acids is 1. The van der Waals surface area contributed by atoms with E-state index in [2.05, 4.69) is 0 Å². The Kier molecular flexibility index (Phi) is 2.23. The normalized spacial score (nSPS) is 16.2. The molecule has 0 aromatic heterocycles. The molecular formula is C11H11NO2. The Morgan fingerprint density at radius 2 is 2.00 bits per heavy atom. The molecular weight excluding hydrogens is 178 g/mol. The van der Waals surface area contributed by atoms with E-state index in [0.29, 0.717) is 12.5 Å². The Hall–Kier alpha value is -1.77. The Morgan fingerprint density at radius 1 is 1.29 bits per heavy atom. The summed E-state index contributed by atoms with van der Waals surface area (Å²) in [5.74, 6) is 0.629. The highest BCUT2D eigenvalue weighted by atomic mass is 16.5. The van der Waals surface area contributed by atoms with Crippen molar-refractivity contribution < 1.29 is 9.53 Å². The zero-order chi connectivity index (χ0) is 9.97. The molecule has 0 atom stereocenters. The van der Waals surface area contributed by atoms with Crippen molar-refractivity contribution in [3.8, 4) is 0 Å². The van der Waals surface area contributed by atoms with Crippen LogP contribution in [-0.2, 0) is 9.53 Å². The maximum absolute atomic E-state index is 11.3. The van der Waals surface area contributed by atoms with Gasteiger partial charge in [0.25, 0.3) is 5.91 Å². The third-order valence-electron chi connectivity index (χ3n) is 2.10. The van der Waals surface area contributed by atoms with Crippen LogP contribution in [0, 0.1) is 0 Å². The SMILES string of the molecule is CN1COC(c2ccccc2)=CC1=O. The molecule has 0 radical (unpaired) electrons. The largest absolute Gasteiger partial charge is 0.472 e. The lowest BCUT2D eigenvalue weighted by atomic mass is 10.1. The maximum Gasteiger partial charge on any atom is 0.252 e. The van der Waals surface area contributed by atoms with E-state index in [1.807, 2.05) is 30.3 Å². The van der Waals surface area contributed by atoms with E-state index in [1.54, 1.807) is 7.05 Å². The highest BCUT2D eigenvalue weighted by Gasteiger charge is 2.16. The van der Waals surface area contributed by atoms with E-state index in [-0.39, 0.29) is 5.91 Å². The molecule has 0 bridgehead atoms. The Morgan fingerprint density at radius 3 is 2.64 bits per heavy atom. The second kappa shape index (κ2) is 3.54. The first-order valence-electron chi connectivity index (χ1n) is 4.42. The zero-order valence-electron chi connectivity index (χ0n) is 7.93. The molecule has 0 saturated carbocycles. The van der Waals surface area contributed by atoms with E-state index in [4.69, 9.17) is 4.74 Å². The number of hydrogen-bond acceptors (Lipinski definition) is 2. The molecule has 3 heteroatoms. The monoisotopic (exact) mass is 189 g/mol. The third kappa shape index (κ3) is 1.62. The molecule has 1 aromatic rings. The molecule has 0 saturated heterocycles. The molecule has 1 amide bonds. The molecule has 1 heterocycles. The van der Waals surface area contributed by atoms with Crippen molar-refractivity contribution in [3.05, 3.63) is 42.0 Å². The van der Waals surface area contributed by atoms with Crippen LogP contribution in [0.1, 0.15) is 5.56 Å². The second-order valence-corrected chi connectivity index (χ2v) is 3.18. The number of likely N-dealkylation sites (N-methyl/N-ethyl adjacent to an activating group) is 1. The first kappa shape index (κ1) is 8.81. The van der Waals surface area contributed by atoms with Gasteiger partial charge < -0.3 is 9.64 Å². The van der Waals surface area contributed by atoms with Crippen LogP contribution in [0.4, 0.5) is 0 Å². The lowest BCUT2D eigenvalue weighted by molar-refractivity contribution is -0.129. The van der Waals surface area contributed by atoms with Gasteiger partial charge in [-0.05, 0) is 0 Å². The minimum atomic E-state index is -0.0184. The van der Waals surface area contributed by atoms with Gasteiger partial charge in [0.15, 0.2) is 6.73 Å². The van der Waals surface area contributed by atoms with Crippen molar-refractivity contribution in [1.82, 2.24) is 4.90 Å². The maximum atomic E-state index is 11.3. The molecule has 0 N–H and O–H groups in total. The van der Waals surface area contributed by atoms with Gasteiger partial charge >= 0.3 is 0 Å². The highest BCUT2D eigenvalue weighted by molar-refractivity contribution is 5.94. The number of ether oxygens (including phenoxy) is 1. The van der Waals surface area contributed by atoms with Gasteiger partial charge in [0, 0.05) is 18.7 Å². The van der Waals surface area contributed by atoms with E-state index in [1.165, 1.54) is 11.0 Å². The predicted octanol–water partition coefficient (Wildman–Crippen LogP) is 1.47. The van der Waals surface area contributed by atoms with Gasteiger partial charge in [0.1, 0.15) is 5.76 Å². The van der Waals surface area contributed by atoms with Crippen LogP contribution in [0.3, 0.4) is 0 Å². The number of benzene rings is 1. The van der Waals surface area contributed by atoms with Crippen molar-refractivity contribution in [2.75, 3.05) is 13.8 Å². The molecule has 72 valence electrons. The van der Waals surface area contributed by atoms with Gasteiger partial charge in [-0.25, -0.2) is 0 Å². The smallest absolute Gasteiger partial charge is 0.252 e. The van der Waals surface area contributed by atoms with Gasteiger partial charge in [-0.2, -0.15) is 0 Å². The van der Waals surface area contributed by atoms with Crippen LogP contribution >= 0.6 is 0 Å². The molecule has 0 aliphatic carbocycles. The van der Waals surface area contributed by atoms with Crippen molar-refractivity contribution >= 4 is 11.7 Å². The average Bonchev–Trinajstić information content (AvgIpc) is 2.23. The quantitative estimate of drug-likeness (QED) is 0.669. The molecule has 0 spiro atoms. The van der Waals surface area contributed by atoms with Gasteiger partial charge in [-0.15, -0.1) is 0 Å². The predicted molar refractivity (Wildman–Crippen MR) is 53.1 cm³/mol. The molecule has 3 nitrogen and oxygen atoms in total. The number of carbonyl (C=O) groups is 1. The van der Waals surface area contributed by atoms with Crippen molar-refractivity contribution in [3.63, 3.8) is 0 Å². The standard InChI is InChI=1S/C11H11NO2/c1-12-8-14-10(7-11(12)13)9-5-3-2-4-6-9/h2-7H,8H2,1H3. The number of hydrogen-bond donors (Lipinski definition) is 0. The fraction of sp³-hybridized carbons (Fsp3) is 0.182. The van der Waals surface area contributed by atoms with Crippen LogP contribution in [0.15, 0.2) is 36.4 Å². The highest BCUT2D eigenvalue weighted by Crippen LogP contribution is 2.18. The second-order valence-electron chi connectivity index (χ2n) is 3.18. The van der Waals surface area contributed by atoms with Crippen LogP contribution in [0.25, 0.3) is 5.76 Å². The van der Waals surface area contributed by atoms with E-state index in [0.717, 1.165) is 5.56 Å². The van der Waals surface area contributed by atoms with Crippen LogP contribution in [0.5, 0.6) is 0 Å². The Balaban J connectivity index is 2.29. The summed E-state index contributed by atoms with van der Waals surface area (Å²) in [6, 6.07) is 9.61. The number of nitrogens with zero attached hydrogens (tertiary/aromatic N) is 1. The first-order valence-corrected chi connectivity index (χ1v) is 4.42. The fourth-order valence-electron chi connectivity index (χ4n) is 1.26. The summed E-state index contributed by atoms with van der Waals surface area (Å²) in [4.78, 5) is 12.9. The zero-order valence-corrected chi connectivity index (χ0v) is 7.93. The summed E-state index contributed by atoms with van der Waals surface area (Å²) in [5, 5.41) is 0. The third-order valence-corrected chi connectivity index (χ3v) is 2.10. The van der Waals surface area contributed by atoms with Gasteiger partial charge in [-0.3, -0.25) is 4.79 Å². The van der Waals surface area contributed by atoms with Crippen molar-refractivity contribution in [2.45, 2.75) is 0 Å². The summed E-state index contributed by atoms with van der Waals surface area (Å²) in [5.41, 5.74) is 0.939. The lowest BCUT2D eigenvalue weighted by Gasteiger charge is -2.23. The van der Waals surface area contributed by atoms with Crippen molar-refractivity contribution in [1.29, 1.82) is 0 Å². The molecule has 14 heavy (non-hydrogen) atoms. The molecule has 1 aliphatic heterocycles. The molecule has 2 rings (SSSR count). The number of rotatable bonds is 1. The van der Waals surface area contributed by atoms with E-state index < -0.39 is 0 Å². The molecule has 1 aromatic carbocycles. The Bertz CT molecular complexity index is 370. The first-order chi connectivity index (χ1) is 6.77. The summed E-state index contributed by atoms with van der Waals surface area (Å²) in [7, 11) is 1.71. The summed E-state index contributed by atoms with van der Waals surface area (Å²) < 4.78 is 5.41. The summed E-state index contributed by atoms with van der Waals surface area (Å²) in [6.07, 6.45) is 1.51. The van der Waals surface area contributed by atoms with Crippen molar-refractivity contribution in [2.24, 2.45) is 0 Å². The fourth-order valence-corrected chi connectivity index (χ4v) is 1.26. The molecule has 0 fully saturated rings. The average molecular weight is 189 g/mol. The van der Waals surface area contributed by atoms with Crippen LogP contribution < -0.4 is 0 Å². The Labute approximate surface area is 82.6 Å². The summed E-state index contributed by atoms with van der Waals surface area (Å²) >= 11 is 0. The van der Waals surface area contributed by atoms with Gasteiger partial charge in [-0.1, -0.05) is 30.3 Å². The minimum Gasteiger partial charge on any atom is -0.472 e. The van der Waals surface area contributed by atoms with E-state index >= 15 is 0 Å². The van der Waals surface area contributed by atoms with Gasteiger partial charge in [0.05, 0.1) is 0 Å². The molecule has 1 aliphatic rings. The minimum absolute atomic E-state index is 0.0184. The van der Waals surface area contributed by atoms with E-state index in [9.17, 15) is 4.79 Å². The number of amides is 1. The van der Waals surface area contributed by atoms with Crippen LogP contribution in [-0.4, -0.2) is 24.6 Å². The van der Waals surface area contributed by atoms with Gasteiger partial charge in [0.2, 0.25) is 0 Å². The summed E-state index contributed by atoms with van der Waals surface area (Å²) in [6.45, 7) is 0.319. The van der Waals surface area contributed by atoms with Crippen LogP contribution in [0.2, 0.25) is 0 Å².